The molecule has 1 saturated heterocycles. The van der Waals surface area contributed by atoms with Gasteiger partial charge in [0.05, 0.1) is 24.4 Å². The normalized spacial score (nSPS) is 29.4. The molecule has 2 fully saturated rings. The molecule has 2 amide bonds. The van der Waals surface area contributed by atoms with Crippen LogP contribution < -0.4 is 4.74 Å². The van der Waals surface area contributed by atoms with Crippen LogP contribution in [0.3, 0.4) is 0 Å². The van der Waals surface area contributed by atoms with Crippen molar-refractivity contribution in [3.8, 4) is 11.5 Å². The largest absolute Gasteiger partial charge is 0.504 e. The van der Waals surface area contributed by atoms with Gasteiger partial charge in [0.15, 0.2) is 23.1 Å². The molecule has 222 valence electrons. The number of carbonyl (C=O) groups excluding carboxylic acids is 4. The molecule has 1 saturated carbocycles. The van der Waals surface area contributed by atoms with Crippen LogP contribution in [-0.2, 0) is 24.6 Å². The number of methoxy groups -OCH3 is 1. The second-order valence-electron chi connectivity index (χ2n) is 12.1. The average Bonchev–Trinajstić information content (AvgIpc) is 3.27. The summed E-state index contributed by atoms with van der Waals surface area (Å²) < 4.78 is 6.16. The van der Waals surface area contributed by atoms with E-state index in [0.29, 0.717) is 33.2 Å². The predicted octanol–water partition coefficient (Wildman–Crippen LogP) is 5.62. The third-order valence-corrected chi connectivity index (χ3v) is 10.7. The van der Waals surface area contributed by atoms with Crippen LogP contribution in [0.5, 0.6) is 11.5 Å². The Morgan fingerprint density at radius 2 is 1.61 bits per heavy atom. The Morgan fingerprint density at radius 1 is 0.932 bits per heavy atom. The molecule has 0 aromatic heterocycles. The van der Waals surface area contributed by atoms with E-state index in [9.17, 15) is 24.3 Å². The number of fused-ring (bicyclic) bond motifs is 4. The second-order valence-corrected chi connectivity index (χ2v) is 13.0. The number of ketones is 2. The van der Waals surface area contributed by atoms with Crippen LogP contribution in [0.25, 0.3) is 5.57 Å². The summed E-state index contributed by atoms with van der Waals surface area (Å²) in [5.74, 6) is -4.24. The molecule has 6 atom stereocenters. The zero-order valence-corrected chi connectivity index (χ0v) is 25.8. The smallest absolute Gasteiger partial charge is 0.233 e. The van der Waals surface area contributed by atoms with Crippen LogP contribution in [0.15, 0.2) is 95.0 Å². The SMILES string of the molecule is COc1cc(Br)cc([C@H]2C3=CC[C@@H]4C(=O)N(C)C(=O)[C@@H]4[C@@H]3C[C@H]3C(=O)C(c4ccccc4)=CC(=O)[C@@]23c2ccccc2)c1O. The summed E-state index contributed by atoms with van der Waals surface area (Å²) in [4.78, 5) is 57.8. The fraction of sp³-hybridized carbons (Fsp3) is 0.278. The van der Waals surface area contributed by atoms with Gasteiger partial charge < -0.3 is 9.84 Å². The molecule has 0 radical (unpaired) electrons. The average molecular weight is 653 g/mol. The maximum absolute atomic E-state index is 15.0. The van der Waals surface area contributed by atoms with Crippen molar-refractivity contribution >= 4 is 44.9 Å². The van der Waals surface area contributed by atoms with E-state index in [-0.39, 0.29) is 41.3 Å². The number of hydrogen-bond donors (Lipinski definition) is 1. The number of amides is 2. The van der Waals surface area contributed by atoms with Crippen molar-refractivity contribution in [1.29, 1.82) is 0 Å². The first-order chi connectivity index (χ1) is 21.2. The fourth-order valence-electron chi connectivity index (χ4n) is 8.35. The van der Waals surface area contributed by atoms with Crippen LogP contribution in [0.1, 0.15) is 35.4 Å². The number of aromatic hydroxyl groups is 1. The number of rotatable bonds is 4. The van der Waals surface area contributed by atoms with E-state index < -0.39 is 35.0 Å². The van der Waals surface area contributed by atoms with E-state index in [1.807, 2.05) is 66.7 Å². The summed E-state index contributed by atoms with van der Waals surface area (Å²) in [7, 11) is 2.96. The standard InChI is InChI=1S/C36H30BrNO6/c1-38-34(42)23-14-13-22-25(30(23)35(38)43)17-27-32(40)24(19-9-5-3-6-10-19)18-29(39)36(27,20-11-7-4-8-12-20)31(22)26-15-21(37)16-28(44-2)33(26)41/h3-13,15-16,18,23,25,27,30-31,41H,14,17H2,1-2H3/t23-,25+,27-,30-,31+,36-/m0/s1. The molecule has 1 heterocycles. The number of benzene rings is 3. The first kappa shape index (κ1) is 28.5. The van der Waals surface area contributed by atoms with Gasteiger partial charge >= 0.3 is 0 Å². The van der Waals surface area contributed by atoms with E-state index in [2.05, 4.69) is 15.9 Å². The van der Waals surface area contributed by atoms with Gasteiger partial charge in [0.25, 0.3) is 0 Å². The van der Waals surface area contributed by atoms with E-state index >= 15 is 0 Å². The van der Waals surface area contributed by atoms with Gasteiger partial charge in [-0.2, -0.15) is 0 Å². The summed E-state index contributed by atoms with van der Waals surface area (Å²) in [6.45, 7) is 0. The van der Waals surface area contributed by atoms with E-state index in [1.165, 1.54) is 25.1 Å². The Bertz CT molecular complexity index is 1800. The Hall–Kier alpha value is -4.30. The summed E-state index contributed by atoms with van der Waals surface area (Å²) in [6.07, 6.45) is 3.98. The lowest BCUT2D eigenvalue weighted by Gasteiger charge is -2.55. The summed E-state index contributed by atoms with van der Waals surface area (Å²) >= 11 is 3.56. The lowest BCUT2D eigenvalue weighted by atomic mass is 9.44. The van der Waals surface area contributed by atoms with Crippen LogP contribution in [0.2, 0.25) is 0 Å². The van der Waals surface area contributed by atoms with Crippen molar-refractivity contribution in [1.82, 2.24) is 4.90 Å². The molecule has 44 heavy (non-hydrogen) atoms. The number of Topliss-reactive ketones (excluding diaryl/α,β-unsaturated/α-hetero) is 1. The molecule has 0 unspecified atom stereocenters. The first-order valence-corrected chi connectivity index (χ1v) is 15.5. The Labute approximate surface area is 263 Å². The molecule has 1 N–H and O–H groups in total. The highest BCUT2D eigenvalue weighted by atomic mass is 79.9. The zero-order valence-electron chi connectivity index (χ0n) is 24.2. The van der Waals surface area contributed by atoms with Gasteiger partial charge in [-0.15, -0.1) is 0 Å². The number of allylic oxidation sites excluding steroid dienone is 4. The third kappa shape index (κ3) is 3.86. The van der Waals surface area contributed by atoms with Crippen molar-refractivity contribution in [2.24, 2.45) is 23.7 Å². The molecule has 4 aliphatic rings. The second kappa shape index (κ2) is 10.4. The van der Waals surface area contributed by atoms with Gasteiger partial charge in [-0.1, -0.05) is 88.2 Å². The third-order valence-electron chi connectivity index (χ3n) is 10.2. The molecule has 3 aliphatic carbocycles. The van der Waals surface area contributed by atoms with Crippen molar-refractivity contribution < 1.29 is 29.0 Å². The first-order valence-electron chi connectivity index (χ1n) is 14.7. The van der Waals surface area contributed by atoms with Gasteiger partial charge in [-0.25, -0.2) is 0 Å². The molecule has 7 rings (SSSR count). The highest BCUT2D eigenvalue weighted by molar-refractivity contribution is 9.10. The molecule has 8 heteroatoms. The Balaban J connectivity index is 1.56. The van der Waals surface area contributed by atoms with Crippen LogP contribution in [0.4, 0.5) is 0 Å². The van der Waals surface area contributed by atoms with Crippen LogP contribution >= 0.6 is 15.9 Å². The number of carbonyl (C=O) groups is 4. The van der Waals surface area contributed by atoms with Gasteiger partial charge in [0.1, 0.15) is 0 Å². The minimum Gasteiger partial charge on any atom is -0.504 e. The minimum atomic E-state index is -1.42. The minimum absolute atomic E-state index is 0.137. The fourth-order valence-corrected chi connectivity index (χ4v) is 8.80. The maximum atomic E-state index is 15.0. The van der Waals surface area contributed by atoms with E-state index in [0.717, 1.165) is 5.57 Å². The summed E-state index contributed by atoms with van der Waals surface area (Å²) in [5, 5.41) is 11.7. The Morgan fingerprint density at radius 3 is 2.30 bits per heavy atom. The molecular formula is C36H30BrNO6. The monoisotopic (exact) mass is 651 g/mol. The van der Waals surface area contributed by atoms with Gasteiger partial charge in [0.2, 0.25) is 11.8 Å². The number of phenols is 1. The van der Waals surface area contributed by atoms with Crippen molar-refractivity contribution in [2.45, 2.75) is 24.2 Å². The molecule has 0 spiro atoms. The molecule has 3 aromatic rings. The number of ether oxygens (including phenoxy) is 1. The lowest BCUT2D eigenvalue weighted by Crippen LogP contribution is -2.58. The highest BCUT2D eigenvalue weighted by Crippen LogP contribution is 2.65. The van der Waals surface area contributed by atoms with E-state index in [1.54, 1.807) is 12.1 Å². The van der Waals surface area contributed by atoms with E-state index in [4.69, 9.17) is 4.74 Å². The summed E-state index contributed by atoms with van der Waals surface area (Å²) in [5.41, 5.74) is 1.41. The van der Waals surface area contributed by atoms with Crippen LogP contribution in [-0.4, -0.2) is 47.5 Å². The quantitative estimate of drug-likeness (QED) is 0.290. The zero-order chi connectivity index (χ0) is 30.9. The van der Waals surface area contributed by atoms with Gasteiger partial charge in [-0.05, 0) is 48.1 Å². The van der Waals surface area contributed by atoms with Gasteiger partial charge in [-0.3, -0.25) is 24.1 Å². The number of likely N-dealkylation sites (tertiary alicyclic amines) is 1. The summed E-state index contributed by atoms with van der Waals surface area (Å²) in [6, 6.07) is 21.8. The number of hydrogen-bond acceptors (Lipinski definition) is 6. The molecular weight excluding hydrogens is 622 g/mol. The topological polar surface area (TPSA) is 101 Å². The maximum Gasteiger partial charge on any atom is 0.233 e. The highest BCUT2D eigenvalue weighted by Gasteiger charge is 2.66. The molecule has 7 nitrogen and oxygen atoms in total. The van der Waals surface area contributed by atoms with Crippen molar-refractivity contribution in [3.05, 3.63) is 112 Å². The van der Waals surface area contributed by atoms with Gasteiger partial charge in [0, 0.05) is 34.5 Å². The molecule has 0 bridgehead atoms. The number of halogens is 1. The van der Waals surface area contributed by atoms with Crippen molar-refractivity contribution in [3.63, 3.8) is 0 Å². The number of imide groups is 1. The lowest BCUT2D eigenvalue weighted by molar-refractivity contribution is -0.139. The molecule has 3 aromatic carbocycles. The number of nitrogens with zero attached hydrogens (tertiary/aromatic N) is 1. The number of phenolic OH excluding ortho intramolecular Hbond substituents is 1. The van der Waals surface area contributed by atoms with Crippen LogP contribution in [0, 0.1) is 23.7 Å². The Kier molecular flexibility index (Phi) is 6.73. The predicted molar refractivity (Wildman–Crippen MR) is 167 cm³/mol. The van der Waals surface area contributed by atoms with Crippen molar-refractivity contribution in [2.75, 3.05) is 14.2 Å². The molecule has 1 aliphatic heterocycles.